The summed E-state index contributed by atoms with van der Waals surface area (Å²) in [6.45, 7) is 5.75. The van der Waals surface area contributed by atoms with Gasteiger partial charge in [-0.25, -0.2) is 4.68 Å². The quantitative estimate of drug-likeness (QED) is 0.837. The molecule has 0 spiro atoms. The van der Waals surface area contributed by atoms with Gasteiger partial charge in [0, 0.05) is 11.8 Å². The number of aromatic nitrogens is 2. The molecule has 84 valence electrons. The maximum Gasteiger partial charge on any atom is 0.0782 e. The second-order valence-electron chi connectivity index (χ2n) is 4.14. The van der Waals surface area contributed by atoms with E-state index in [0.717, 1.165) is 22.5 Å². The highest BCUT2D eigenvalue weighted by molar-refractivity contribution is 5.44. The summed E-state index contributed by atoms with van der Waals surface area (Å²) in [5.74, 6) is 0. The van der Waals surface area contributed by atoms with Gasteiger partial charge in [0.1, 0.15) is 0 Å². The van der Waals surface area contributed by atoms with E-state index in [0.29, 0.717) is 0 Å². The van der Waals surface area contributed by atoms with Crippen molar-refractivity contribution in [3.63, 3.8) is 0 Å². The lowest BCUT2D eigenvalue weighted by atomic mass is 10.1. The maximum absolute atomic E-state index is 9.72. The van der Waals surface area contributed by atoms with Crippen molar-refractivity contribution >= 4 is 0 Å². The summed E-state index contributed by atoms with van der Waals surface area (Å²) in [7, 11) is 0. The number of hydrogen-bond acceptors (Lipinski definition) is 2. The van der Waals surface area contributed by atoms with Crippen molar-refractivity contribution < 1.29 is 5.11 Å². The highest BCUT2D eigenvalue weighted by atomic mass is 16.3. The highest BCUT2D eigenvalue weighted by Crippen LogP contribution is 2.22. The Labute approximate surface area is 95.3 Å². The molecule has 3 nitrogen and oxygen atoms in total. The molecule has 2 rings (SSSR count). The predicted molar refractivity (Wildman–Crippen MR) is 63.7 cm³/mol. The zero-order valence-corrected chi connectivity index (χ0v) is 9.81. The lowest BCUT2D eigenvalue weighted by Gasteiger charge is -2.12. The smallest absolute Gasteiger partial charge is 0.0782 e. The Morgan fingerprint density at radius 3 is 2.56 bits per heavy atom. The highest BCUT2D eigenvalue weighted by Gasteiger charge is 2.10. The monoisotopic (exact) mass is 216 g/mol. The average molecular weight is 216 g/mol. The first kappa shape index (κ1) is 10.9. The molecule has 1 N–H and O–H groups in total. The van der Waals surface area contributed by atoms with E-state index < -0.39 is 6.10 Å². The topological polar surface area (TPSA) is 38.0 Å². The molecule has 0 aliphatic rings. The third kappa shape index (κ3) is 1.99. The normalized spacial score (nSPS) is 12.8. The Bertz CT molecular complexity index is 500. The molecule has 16 heavy (non-hydrogen) atoms. The minimum atomic E-state index is -0.486. The van der Waals surface area contributed by atoms with Gasteiger partial charge in [-0.1, -0.05) is 12.1 Å². The number of rotatable bonds is 2. The van der Waals surface area contributed by atoms with Crippen LogP contribution in [0.3, 0.4) is 0 Å². The van der Waals surface area contributed by atoms with E-state index in [2.05, 4.69) is 5.10 Å². The molecule has 0 saturated carbocycles. The van der Waals surface area contributed by atoms with Gasteiger partial charge in [-0.2, -0.15) is 5.10 Å². The lowest BCUT2D eigenvalue weighted by molar-refractivity contribution is 0.199. The van der Waals surface area contributed by atoms with E-state index in [-0.39, 0.29) is 0 Å². The summed E-state index contributed by atoms with van der Waals surface area (Å²) in [4.78, 5) is 0. The molecule has 1 aromatic heterocycles. The van der Waals surface area contributed by atoms with Crippen LogP contribution < -0.4 is 0 Å². The fourth-order valence-electron chi connectivity index (χ4n) is 1.75. The number of aryl methyl sites for hydroxylation is 2. The maximum atomic E-state index is 9.72. The molecule has 1 aromatic carbocycles. The van der Waals surface area contributed by atoms with Gasteiger partial charge in [-0.15, -0.1) is 0 Å². The first-order valence-electron chi connectivity index (χ1n) is 5.39. The van der Waals surface area contributed by atoms with Crippen LogP contribution in [-0.2, 0) is 0 Å². The van der Waals surface area contributed by atoms with Crippen molar-refractivity contribution in [3.05, 3.63) is 47.3 Å². The van der Waals surface area contributed by atoms with Crippen molar-refractivity contribution in [1.29, 1.82) is 0 Å². The van der Waals surface area contributed by atoms with E-state index in [4.69, 9.17) is 0 Å². The predicted octanol–water partition coefficient (Wildman–Crippen LogP) is 2.54. The number of aliphatic hydroxyl groups excluding tert-OH is 1. The SMILES string of the molecule is Cc1ccc([C@H](C)O)c(-n2ccc(C)n2)c1. The van der Waals surface area contributed by atoms with Crippen LogP contribution >= 0.6 is 0 Å². The molecule has 3 heteroatoms. The van der Waals surface area contributed by atoms with Crippen molar-refractivity contribution in [2.75, 3.05) is 0 Å². The fraction of sp³-hybridized carbons (Fsp3) is 0.308. The summed E-state index contributed by atoms with van der Waals surface area (Å²) < 4.78 is 1.81. The van der Waals surface area contributed by atoms with Gasteiger partial charge in [0.25, 0.3) is 0 Å². The molecule has 0 saturated heterocycles. The van der Waals surface area contributed by atoms with Crippen LogP contribution in [0.15, 0.2) is 30.5 Å². The number of hydrogen-bond donors (Lipinski definition) is 1. The van der Waals surface area contributed by atoms with Gasteiger partial charge in [0.2, 0.25) is 0 Å². The second kappa shape index (κ2) is 4.10. The van der Waals surface area contributed by atoms with Gasteiger partial charge in [-0.3, -0.25) is 0 Å². The molecular weight excluding hydrogens is 200 g/mol. The molecule has 0 aliphatic heterocycles. The molecule has 0 aliphatic carbocycles. The fourth-order valence-corrected chi connectivity index (χ4v) is 1.75. The summed E-state index contributed by atoms with van der Waals surface area (Å²) in [6, 6.07) is 7.94. The second-order valence-corrected chi connectivity index (χ2v) is 4.14. The zero-order chi connectivity index (χ0) is 11.7. The van der Waals surface area contributed by atoms with Gasteiger partial charge in [0.05, 0.1) is 17.5 Å². The summed E-state index contributed by atoms with van der Waals surface area (Å²) in [6.07, 6.45) is 1.43. The minimum Gasteiger partial charge on any atom is -0.389 e. The number of aliphatic hydroxyl groups is 1. The Morgan fingerprint density at radius 2 is 2.00 bits per heavy atom. The van der Waals surface area contributed by atoms with Crippen molar-refractivity contribution in [3.8, 4) is 5.69 Å². The number of nitrogens with zero attached hydrogens (tertiary/aromatic N) is 2. The Hall–Kier alpha value is -1.61. The van der Waals surface area contributed by atoms with Gasteiger partial charge < -0.3 is 5.11 Å². The van der Waals surface area contributed by atoms with E-state index in [1.54, 1.807) is 6.92 Å². The van der Waals surface area contributed by atoms with Crippen molar-refractivity contribution in [1.82, 2.24) is 9.78 Å². The van der Waals surface area contributed by atoms with Crippen LogP contribution in [0.2, 0.25) is 0 Å². The molecule has 2 aromatic rings. The molecule has 1 atom stereocenters. The van der Waals surface area contributed by atoms with E-state index in [1.165, 1.54) is 0 Å². The van der Waals surface area contributed by atoms with Crippen LogP contribution in [0.1, 0.15) is 29.8 Å². The molecular formula is C13H16N2O. The van der Waals surface area contributed by atoms with Gasteiger partial charge >= 0.3 is 0 Å². The van der Waals surface area contributed by atoms with Crippen LogP contribution in [0.4, 0.5) is 0 Å². The standard InChI is InChI=1S/C13H16N2O/c1-9-4-5-12(11(3)16)13(8-9)15-7-6-10(2)14-15/h4-8,11,16H,1-3H3/t11-/m0/s1. The van der Waals surface area contributed by atoms with Crippen LogP contribution in [0, 0.1) is 13.8 Å². The molecule has 0 unspecified atom stereocenters. The molecule has 1 heterocycles. The zero-order valence-electron chi connectivity index (χ0n) is 9.81. The number of benzene rings is 1. The van der Waals surface area contributed by atoms with Crippen LogP contribution in [0.25, 0.3) is 5.69 Å². The first-order valence-corrected chi connectivity index (χ1v) is 5.39. The summed E-state index contributed by atoms with van der Waals surface area (Å²) in [5.41, 5.74) is 3.97. The van der Waals surface area contributed by atoms with E-state index in [9.17, 15) is 5.11 Å². The third-order valence-corrected chi connectivity index (χ3v) is 2.61. The summed E-state index contributed by atoms with van der Waals surface area (Å²) >= 11 is 0. The molecule has 0 radical (unpaired) electrons. The van der Waals surface area contributed by atoms with E-state index in [1.807, 2.05) is 49.0 Å². The lowest BCUT2D eigenvalue weighted by Crippen LogP contribution is -2.03. The molecule has 0 bridgehead atoms. The van der Waals surface area contributed by atoms with Crippen LogP contribution in [-0.4, -0.2) is 14.9 Å². The van der Waals surface area contributed by atoms with Gasteiger partial charge in [-0.05, 0) is 38.5 Å². The van der Waals surface area contributed by atoms with Gasteiger partial charge in [0.15, 0.2) is 0 Å². The Kier molecular flexibility index (Phi) is 2.79. The van der Waals surface area contributed by atoms with Crippen LogP contribution in [0.5, 0.6) is 0 Å². The first-order chi connectivity index (χ1) is 7.58. The third-order valence-electron chi connectivity index (χ3n) is 2.61. The molecule has 0 fully saturated rings. The minimum absolute atomic E-state index is 0.486. The average Bonchev–Trinajstić information content (AvgIpc) is 2.64. The van der Waals surface area contributed by atoms with Crippen molar-refractivity contribution in [2.45, 2.75) is 26.9 Å². The largest absolute Gasteiger partial charge is 0.389 e. The Morgan fingerprint density at radius 1 is 1.25 bits per heavy atom. The molecule has 0 amide bonds. The van der Waals surface area contributed by atoms with E-state index >= 15 is 0 Å². The summed E-state index contributed by atoms with van der Waals surface area (Å²) in [5, 5.41) is 14.1. The Balaban J connectivity index is 2.57. The van der Waals surface area contributed by atoms with Crippen molar-refractivity contribution in [2.24, 2.45) is 0 Å².